The summed E-state index contributed by atoms with van der Waals surface area (Å²) < 4.78 is 14.1. The molecule has 1 aliphatic rings. The molecule has 5 heteroatoms. The molecule has 3 rings (SSSR count). The summed E-state index contributed by atoms with van der Waals surface area (Å²) in [5, 5.41) is 3.57. The SMILES string of the molecule is Nc1c(C(=O)NCCC2CCCC2)sc2ccc(F)cc12. The van der Waals surface area contributed by atoms with Crippen LogP contribution >= 0.6 is 11.3 Å². The van der Waals surface area contributed by atoms with Crippen molar-refractivity contribution in [3.05, 3.63) is 28.9 Å². The summed E-state index contributed by atoms with van der Waals surface area (Å²) in [6, 6.07) is 4.44. The lowest BCUT2D eigenvalue weighted by Gasteiger charge is -2.09. The van der Waals surface area contributed by atoms with Crippen LogP contribution in [0.3, 0.4) is 0 Å². The van der Waals surface area contributed by atoms with E-state index in [-0.39, 0.29) is 11.7 Å². The topological polar surface area (TPSA) is 55.1 Å². The summed E-state index contributed by atoms with van der Waals surface area (Å²) in [5.41, 5.74) is 6.37. The summed E-state index contributed by atoms with van der Waals surface area (Å²) in [7, 11) is 0. The first-order valence-corrected chi connectivity index (χ1v) is 8.22. The average Bonchev–Trinajstić information content (AvgIpc) is 3.08. The van der Waals surface area contributed by atoms with Crippen molar-refractivity contribution in [1.29, 1.82) is 0 Å². The van der Waals surface area contributed by atoms with E-state index in [0.29, 0.717) is 22.5 Å². The Labute approximate surface area is 127 Å². The first kappa shape index (κ1) is 14.3. The van der Waals surface area contributed by atoms with Crippen LogP contribution in [0.25, 0.3) is 10.1 Å². The molecule has 0 saturated heterocycles. The van der Waals surface area contributed by atoms with Gasteiger partial charge >= 0.3 is 0 Å². The number of thiophene rings is 1. The molecule has 0 atom stereocenters. The molecule has 3 N–H and O–H groups in total. The zero-order chi connectivity index (χ0) is 14.8. The van der Waals surface area contributed by atoms with Crippen LogP contribution in [0, 0.1) is 11.7 Å². The van der Waals surface area contributed by atoms with Gasteiger partial charge in [-0.15, -0.1) is 11.3 Å². The summed E-state index contributed by atoms with van der Waals surface area (Å²) in [6.45, 7) is 0.686. The molecule has 0 spiro atoms. The Balaban J connectivity index is 1.67. The highest BCUT2D eigenvalue weighted by Gasteiger charge is 2.18. The van der Waals surface area contributed by atoms with Crippen LogP contribution in [0.4, 0.5) is 10.1 Å². The molecule has 0 aliphatic heterocycles. The molecule has 21 heavy (non-hydrogen) atoms. The van der Waals surface area contributed by atoms with Gasteiger partial charge in [-0.05, 0) is 30.5 Å². The third-order valence-electron chi connectivity index (χ3n) is 4.21. The molecule has 0 unspecified atom stereocenters. The maximum absolute atomic E-state index is 13.3. The second kappa shape index (κ2) is 6.02. The van der Waals surface area contributed by atoms with Gasteiger partial charge in [-0.25, -0.2) is 4.39 Å². The number of hydrogen-bond donors (Lipinski definition) is 2. The minimum atomic E-state index is -0.333. The van der Waals surface area contributed by atoms with E-state index >= 15 is 0 Å². The molecule has 1 aromatic heterocycles. The average molecular weight is 306 g/mol. The normalized spacial score (nSPS) is 15.7. The van der Waals surface area contributed by atoms with Crippen molar-refractivity contribution in [2.75, 3.05) is 12.3 Å². The van der Waals surface area contributed by atoms with Crippen molar-refractivity contribution in [1.82, 2.24) is 5.32 Å². The van der Waals surface area contributed by atoms with Crippen molar-refractivity contribution in [2.45, 2.75) is 32.1 Å². The van der Waals surface area contributed by atoms with E-state index in [1.165, 1.54) is 49.2 Å². The van der Waals surface area contributed by atoms with Gasteiger partial charge in [-0.3, -0.25) is 4.79 Å². The summed E-state index contributed by atoms with van der Waals surface area (Å²) in [6.07, 6.45) is 6.21. The number of benzene rings is 1. The molecule has 112 valence electrons. The van der Waals surface area contributed by atoms with E-state index < -0.39 is 0 Å². The quantitative estimate of drug-likeness (QED) is 0.899. The number of fused-ring (bicyclic) bond motifs is 1. The van der Waals surface area contributed by atoms with Crippen LogP contribution in [0.5, 0.6) is 0 Å². The monoisotopic (exact) mass is 306 g/mol. The summed E-state index contributed by atoms with van der Waals surface area (Å²) in [4.78, 5) is 12.7. The molecule has 3 nitrogen and oxygen atoms in total. The van der Waals surface area contributed by atoms with E-state index in [2.05, 4.69) is 5.32 Å². The van der Waals surface area contributed by atoms with Crippen LogP contribution in [0.2, 0.25) is 0 Å². The smallest absolute Gasteiger partial charge is 0.263 e. The van der Waals surface area contributed by atoms with Crippen molar-refractivity contribution < 1.29 is 9.18 Å². The first-order valence-electron chi connectivity index (χ1n) is 7.41. The molecule has 1 saturated carbocycles. The Kier molecular flexibility index (Phi) is 4.10. The van der Waals surface area contributed by atoms with Crippen LogP contribution in [-0.2, 0) is 0 Å². The van der Waals surface area contributed by atoms with E-state index in [1.54, 1.807) is 6.07 Å². The largest absolute Gasteiger partial charge is 0.397 e. The zero-order valence-electron chi connectivity index (χ0n) is 11.8. The highest BCUT2D eigenvalue weighted by molar-refractivity contribution is 7.21. The van der Waals surface area contributed by atoms with Gasteiger partial charge in [0.1, 0.15) is 10.7 Å². The number of hydrogen-bond acceptors (Lipinski definition) is 3. The maximum Gasteiger partial charge on any atom is 0.263 e. The van der Waals surface area contributed by atoms with Crippen molar-refractivity contribution >= 4 is 33.0 Å². The standard InChI is InChI=1S/C16H19FN2OS/c17-11-5-6-13-12(9-11)14(18)15(21-13)16(20)19-8-7-10-3-1-2-4-10/h5-6,9-10H,1-4,7-8,18H2,(H,19,20). The number of nitrogens with two attached hydrogens (primary N) is 1. The van der Waals surface area contributed by atoms with Crippen LogP contribution in [0.15, 0.2) is 18.2 Å². The van der Waals surface area contributed by atoms with Gasteiger partial charge < -0.3 is 11.1 Å². The van der Waals surface area contributed by atoms with Gasteiger partial charge in [-0.1, -0.05) is 25.7 Å². The second-order valence-electron chi connectivity index (χ2n) is 5.68. The molecular weight excluding hydrogens is 287 g/mol. The fraction of sp³-hybridized carbons (Fsp3) is 0.438. The lowest BCUT2D eigenvalue weighted by atomic mass is 10.0. The van der Waals surface area contributed by atoms with Crippen molar-refractivity contribution in [3.8, 4) is 0 Å². The number of nitrogens with one attached hydrogen (secondary N) is 1. The predicted molar refractivity (Wildman–Crippen MR) is 85.1 cm³/mol. The third kappa shape index (κ3) is 3.02. The van der Waals surface area contributed by atoms with E-state index in [9.17, 15) is 9.18 Å². The van der Waals surface area contributed by atoms with Gasteiger partial charge in [0.05, 0.1) is 5.69 Å². The third-order valence-corrected chi connectivity index (χ3v) is 5.39. The number of carbonyl (C=O) groups is 1. The lowest BCUT2D eigenvalue weighted by Crippen LogP contribution is -2.25. The number of anilines is 1. The molecule has 1 amide bonds. The number of amides is 1. The number of nitrogen functional groups attached to an aromatic ring is 1. The van der Waals surface area contributed by atoms with Crippen molar-refractivity contribution in [2.24, 2.45) is 5.92 Å². The molecule has 1 aromatic carbocycles. The Hall–Kier alpha value is -1.62. The van der Waals surface area contributed by atoms with E-state index in [0.717, 1.165) is 17.0 Å². The second-order valence-corrected chi connectivity index (χ2v) is 6.73. The van der Waals surface area contributed by atoms with Gasteiger partial charge in [-0.2, -0.15) is 0 Å². The molecule has 1 heterocycles. The fourth-order valence-corrected chi connectivity index (χ4v) is 4.05. The molecule has 2 aromatic rings. The highest BCUT2D eigenvalue weighted by atomic mass is 32.1. The van der Waals surface area contributed by atoms with Gasteiger partial charge in [0.2, 0.25) is 0 Å². The summed E-state index contributed by atoms with van der Waals surface area (Å²) >= 11 is 1.32. The fourth-order valence-electron chi connectivity index (χ4n) is 3.03. The van der Waals surface area contributed by atoms with Gasteiger partial charge in [0, 0.05) is 16.6 Å². The maximum atomic E-state index is 13.3. The van der Waals surface area contributed by atoms with Crippen molar-refractivity contribution in [3.63, 3.8) is 0 Å². The molecule has 1 aliphatic carbocycles. The minimum absolute atomic E-state index is 0.146. The highest BCUT2D eigenvalue weighted by Crippen LogP contribution is 2.34. The van der Waals surface area contributed by atoms with Crippen LogP contribution < -0.4 is 11.1 Å². The number of rotatable bonds is 4. The van der Waals surface area contributed by atoms with Gasteiger partial charge in [0.25, 0.3) is 5.91 Å². The summed E-state index contributed by atoms with van der Waals surface area (Å²) in [5.74, 6) is 0.270. The molecule has 0 bridgehead atoms. The van der Waals surface area contributed by atoms with Crippen LogP contribution in [0.1, 0.15) is 41.8 Å². The molecule has 0 radical (unpaired) electrons. The Morgan fingerprint density at radius 1 is 1.38 bits per heavy atom. The number of halogens is 1. The van der Waals surface area contributed by atoms with E-state index in [4.69, 9.17) is 5.73 Å². The van der Waals surface area contributed by atoms with Gasteiger partial charge in [0.15, 0.2) is 0 Å². The van der Waals surface area contributed by atoms with E-state index in [1.807, 2.05) is 0 Å². The Morgan fingerprint density at radius 3 is 2.90 bits per heavy atom. The predicted octanol–water partition coefficient (Wildman–Crippen LogP) is 3.93. The van der Waals surface area contributed by atoms with Crippen LogP contribution in [-0.4, -0.2) is 12.5 Å². The number of carbonyl (C=O) groups excluding carboxylic acids is 1. The molecular formula is C16H19FN2OS. The Bertz CT molecular complexity index is 662. The first-order chi connectivity index (χ1) is 10.1. The lowest BCUT2D eigenvalue weighted by molar-refractivity contribution is 0.0956. The Morgan fingerprint density at radius 2 is 2.14 bits per heavy atom. The zero-order valence-corrected chi connectivity index (χ0v) is 12.6. The molecule has 1 fully saturated rings. The minimum Gasteiger partial charge on any atom is -0.397 e.